The number of para-hydroxylation sites is 1. The standard InChI is InChI=1S/C21H18N4OS/c26-21-24(13-17-14-27-20(22-17)16-7-3-1-4-8-16)23-19(15-11-12-15)25(21)18-9-5-2-6-10-18/h1-10,14-15H,11-13H2. The quantitative estimate of drug-likeness (QED) is 0.529. The molecule has 0 spiro atoms. The molecule has 0 atom stereocenters. The molecular weight excluding hydrogens is 356 g/mol. The molecule has 0 saturated heterocycles. The first-order valence-corrected chi connectivity index (χ1v) is 9.92. The van der Waals surface area contributed by atoms with Crippen LogP contribution in [0.2, 0.25) is 0 Å². The Bertz CT molecular complexity index is 1120. The summed E-state index contributed by atoms with van der Waals surface area (Å²) in [4.78, 5) is 17.7. The van der Waals surface area contributed by atoms with E-state index < -0.39 is 0 Å². The van der Waals surface area contributed by atoms with E-state index in [0.29, 0.717) is 12.5 Å². The van der Waals surface area contributed by atoms with Crippen molar-refractivity contribution in [3.63, 3.8) is 0 Å². The smallest absolute Gasteiger partial charge is 0.247 e. The molecule has 4 aromatic rings. The largest absolute Gasteiger partial charge is 0.350 e. The molecule has 5 rings (SSSR count). The molecular formula is C21H18N4OS. The Kier molecular flexibility index (Phi) is 3.98. The Morgan fingerprint density at radius 2 is 1.70 bits per heavy atom. The Morgan fingerprint density at radius 3 is 2.41 bits per heavy atom. The van der Waals surface area contributed by atoms with Gasteiger partial charge in [0.15, 0.2) is 0 Å². The monoisotopic (exact) mass is 374 g/mol. The predicted molar refractivity (Wildman–Crippen MR) is 106 cm³/mol. The molecule has 0 unspecified atom stereocenters. The fourth-order valence-electron chi connectivity index (χ4n) is 3.20. The average molecular weight is 374 g/mol. The zero-order valence-electron chi connectivity index (χ0n) is 14.7. The molecule has 0 N–H and O–H groups in total. The molecule has 5 nitrogen and oxygen atoms in total. The second-order valence-corrected chi connectivity index (χ2v) is 7.61. The summed E-state index contributed by atoms with van der Waals surface area (Å²) in [6, 6.07) is 19.8. The van der Waals surface area contributed by atoms with Gasteiger partial charge in [0, 0.05) is 16.9 Å². The van der Waals surface area contributed by atoms with Gasteiger partial charge in [0.1, 0.15) is 10.8 Å². The van der Waals surface area contributed by atoms with Gasteiger partial charge in [-0.3, -0.25) is 0 Å². The van der Waals surface area contributed by atoms with Crippen LogP contribution in [-0.4, -0.2) is 19.3 Å². The molecule has 6 heteroatoms. The normalized spacial score (nSPS) is 13.8. The van der Waals surface area contributed by atoms with Gasteiger partial charge in [0.25, 0.3) is 0 Å². The second-order valence-electron chi connectivity index (χ2n) is 6.75. The van der Waals surface area contributed by atoms with Crippen LogP contribution in [0.1, 0.15) is 30.3 Å². The molecule has 27 heavy (non-hydrogen) atoms. The van der Waals surface area contributed by atoms with Crippen LogP contribution in [-0.2, 0) is 6.54 Å². The van der Waals surface area contributed by atoms with E-state index >= 15 is 0 Å². The van der Waals surface area contributed by atoms with E-state index in [4.69, 9.17) is 4.98 Å². The molecule has 2 heterocycles. The van der Waals surface area contributed by atoms with Crippen LogP contribution in [0.25, 0.3) is 16.3 Å². The first-order valence-electron chi connectivity index (χ1n) is 9.04. The van der Waals surface area contributed by atoms with Crippen LogP contribution in [0.5, 0.6) is 0 Å². The van der Waals surface area contributed by atoms with Gasteiger partial charge >= 0.3 is 5.69 Å². The molecule has 1 saturated carbocycles. The molecule has 0 radical (unpaired) electrons. The topological polar surface area (TPSA) is 52.7 Å². The van der Waals surface area contributed by atoms with Crippen molar-refractivity contribution in [2.24, 2.45) is 0 Å². The highest BCUT2D eigenvalue weighted by molar-refractivity contribution is 7.13. The zero-order chi connectivity index (χ0) is 18.2. The predicted octanol–water partition coefficient (Wildman–Crippen LogP) is 4.08. The summed E-state index contributed by atoms with van der Waals surface area (Å²) in [7, 11) is 0. The summed E-state index contributed by atoms with van der Waals surface area (Å²) in [6.45, 7) is 0.391. The van der Waals surface area contributed by atoms with Gasteiger partial charge < -0.3 is 0 Å². The molecule has 0 bridgehead atoms. The van der Waals surface area contributed by atoms with Crippen LogP contribution in [0.3, 0.4) is 0 Å². The number of rotatable bonds is 5. The van der Waals surface area contributed by atoms with E-state index in [1.807, 2.05) is 66.0 Å². The summed E-state index contributed by atoms with van der Waals surface area (Å²) < 4.78 is 3.30. The molecule has 2 aromatic heterocycles. The Balaban J connectivity index is 1.50. The third-order valence-corrected chi connectivity index (χ3v) is 5.65. The van der Waals surface area contributed by atoms with E-state index in [2.05, 4.69) is 5.10 Å². The molecule has 134 valence electrons. The maximum absolute atomic E-state index is 13.0. The highest BCUT2D eigenvalue weighted by Gasteiger charge is 2.31. The molecule has 1 aliphatic carbocycles. The van der Waals surface area contributed by atoms with Crippen molar-refractivity contribution in [1.29, 1.82) is 0 Å². The minimum absolute atomic E-state index is 0.0997. The van der Waals surface area contributed by atoms with E-state index in [-0.39, 0.29) is 5.69 Å². The maximum atomic E-state index is 13.0. The van der Waals surface area contributed by atoms with Crippen LogP contribution in [0.4, 0.5) is 0 Å². The summed E-state index contributed by atoms with van der Waals surface area (Å²) in [6.07, 6.45) is 2.19. The van der Waals surface area contributed by atoms with Crippen molar-refractivity contribution in [2.45, 2.75) is 25.3 Å². The summed E-state index contributed by atoms with van der Waals surface area (Å²) >= 11 is 1.59. The highest BCUT2D eigenvalue weighted by Crippen LogP contribution is 2.39. The lowest BCUT2D eigenvalue weighted by Gasteiger charge is -2.03. The number of hydrogen-bond acceptors (Lipinski definition) is 4. The van der Waals surface area contributed by atoms with E-state index in [0.717, 1.165) is 40.6 Å². The molecule has 0 amide bonds. The van der Waals surface area contributed by atoms with Crippen LogP contribution < -0.4 is 5.69 Å². The van der Waals surface area contributed by atoms with Gasteiger partial charge in [-0.25, -0.2) is 19.0 Å². The Labute approximate surface area is 160 Å². The third-order valence-electron chi connectivity index (χ3n) is 4.71. The second kappa shape index (κ2) is 6.63. The van der Waals surface area contributed by atoms with Crippen LogP contribution in [0.15, 0.2) is 70.8 Å². The summed E-state index contributed by atoms with van der Waals surface area (Å²) in [5.74, 6) is 1.25. The number of thiazole rings is 1. The minimum atomic E-state index is -0.0997. The first-order chi connectivity index (χ1) is 13.3. The molecule has 1 fully saturated rings. The van der Waals surface area contributed by atoms with Gasteiger partial charge in [-0.1, -0.05) is 48.5 Å². The summed E-state index contributed by atoms with van der Waals surface area (Å²) in [5.41, 5.74) is 2.73. The molecule has 2 aromatic carbocycles. The van der Waals surface area contributed by atoms with Gasteiger partial charge in [-0.2, -0.15) is 5.10 Å². The van der Waals surface area contributed by atoms with Gasteiger partial charge in [-0.05, 0) is 25.0 Å². The zero-order valence-corrected chi connectivity index (χ0v) is 15.5. The fraction of sp³-hybridized carbons (Fsp3) is 0.190. The Morgan fingerprint density at radius 1 is 1.00 bits per heavy atom. The lowest BCUT2D eigenvalue weighted by molar-refractivity contribution is 0.639. The molecule has 1 aliphatic rings. The van der Waals surface area contributed by atoms with Crippen molar-refractivity contribution in [3.05, 3.63) is 88.0 Å². The van der Waals surface area contributed by atoms with Crippen molar-refractivity contribution < 1.29 is 0 Å². The first kappa shape index (κ1) is 16.2. The van der Waals surface area contributed by atoms with E-state index in [1.54, 1.807) is 20.6 Å². The lowest BCUT2D eigenvalue weighted by atomic mass is 10.2. The van der Waals surface area contributed by atoms with Gasteiger partial charge in [-0.15, -0.1) is 11.3 Å². The molecule has 0 aliphatic heterocycles. The fourth-order valence-corrected chi connectivity index (χ4v) is 4.02. The third kappa shape index (κ3) is 3.13. The number of aromatic nitrogens is 4. The number of hydrogen-bond donors (Lipinski definition) is 0. The van der Waals surface area contributed by atoms with Crippen LogP contribution in [0, 0.1) is 0 Å². The van der Waals surface area contributed by atoms with Gasteiger partial charge in [0.05, 0.1) is 17.9 Å². The van der Waals surface area contributed by atoms with E-state index in [9.17, 15) is 4.79 Å². The Hall–Kier alpha value is -2.99. The van der Waals surface area contributed by atoms with Crippen molar-refractivity contribution in [3.8, 4) is 16.3 Å². The number of nitrogens with zero attached hydrogens (tertiary/aromatic N) is 4. The van der Waals surface area contributed by atoms with Gasteiger partial charge in [0.2, 0.25) is 0 Å². The van der Waals surface area contributed by atoms with Crippen molar-refractivity contribution >= 4 is 11.3 Å². The number of benzene rings is 2. The van der Waals surface area contributed by atoms with E-state index in [1.165, 1.54) is 0 Å². The average Bonchev–Trinajstić information content (AvgIpc) is 3.37. The highest BCUT2D eigenvalue weighted by atomic mass is 32.1. The summed E-state index contributed by atoms with van der Waals surface area (Å²) in [5, 5.41) is 7.63. The maximum Gasteiger partial charge on any atom is 0.350 e. The minimum Gasteiger partial charge on any atom is -0.247 e. The lowest BCUT2D eigenvalue weighted by Crippen LogP contribution is -2.24. The SMILES string of the molecule is O=c1n(Cc2csc(-c3ccccc3)n2)nc(C2CC2)n1-c1ccccc1. The van der Waals surface area contributed by atoms with Crippen LogP contribution >= 0.6 is 11.3 Å². The van der Waals surface area contributed by atoms with Crippen molar-refractivity contribution in [1.82, 2.24) is 19.3 Å². The van der Waals surface area contributed by atoms with Crippen molar-refractivity contribution in [2.75, 3.05) is 0 Å².